The molecule has 5 nitrogen and oxygen atoms in total. The average molecular weight is 445 g/mol. The Balaban J connectivity index is 1.82. The Kier molecular flexibility index (Phi) is 7.41. The summed E-state index contributed by atoms with van der Waals surface area (Å²) in [5.41, 5.74) is 9.80. The minimum atomic E-state index is -0.267. The van der Waals surface area contributed by atoms with E-state index in [1.54, 1.807) is 0 Å². The fraction of sp³-hybridized carbons (Fsp3) is 0.429. The second-order valence-corrected chi connectivity index (χ2v) is 9.67. The number of fused-ring (bicyclic) bond motifs is 1. The van der Waals surface area contributed by atoms with E-state index < -0.39 is 0 Å². The monoisotopic (exact) mass is 444 g/mol. The first-order valence-corrected chi connectivity index (χ1v) is 12.2. The first-order valence-electron chi connectivity index (χ1n) is 12.2. The summed E-state index contributed by atoms with van der Waals surface area (Å²) in [6.07, 6.45) is 6.13. The van der Waals surface area contributed by atoms with Crippen molar-refractivity contribution < 1.29 is 4.79 Å². The topological polar surface area (TPSA) is 80.0 Å². The van der Waals surface area contributed by atoms with Crippen molar-refractivity contribution in [1.82, 2.24) is 15.6 Å². The van der Waals surface area contributed by atoms with Gasteiger partial charge in [0.2, 0.25) is 0 Å². The summed E-state index contributed by atoms with van der Waals surface area (Å²) in [6, 6.07) is 18.1. The molecule has 0 aliphatic heterocycles. The highest BCUT2D eigenvalue weighted by atomic mass is 16.1. The summed E-state index contributed by atoms with van der Waals surface area (Å²) < 4.78 is 0. The zero-order valence-corrected chi connectivity index (χ0v) is 19.9. The summed E-state index contributed by atoms with van der Waals surface area (Å²) >= 11 is 0. The van der Waals surface area contributed by atoms with E-state index in [0.29, 0.717) is 31.1 Å². The summed E-state index contributed by atoms with van der Waals surface area (Å²) in [5.74, 6) is 0.474. The molecular formula is C28H36N4O. The van der Waals surface area contributed by atoms with Crippen LogP contribution in [0.15, 0.2) is 54.6 Å². The van der Waals surface area contributed by atoms with Gasteiger partial charge in [0.25, 0.3) is 5.91 Å². The van der Waals surface area contributed by atoms with Gasteiger partial charge in [0.05, 0.1) is 16.8 Å². The maximum absolute atomic E-state index is 14.0. The number of hydrogen-bond acceptors (Lipinski definition) is 4. The number of carbonyl (C=O) groups is 1. The molecule has 0 saturated heterocycles. The van der Waals surface area contributed by atoms with Crippen molar-refractivity contribution in [1.29, 1.82) is 0 Å². The Morgan fingerprint density at radius 2 is 1.73 bits per heavy atom. The molecule has 1 heterocycles. The molecule has 4 rings (SSSR count). The number of para-hydroxylation sites is 1. The Bertz CT molecular complexity index is 1090. The maximum atomic E-state index is 14.0. The lowest BCUT2D eigenvalue weighted by Gasteiger charge is -2.38. The first-order chi connectivity index (χ1) is 16.0. The highest BCUT2D eigenvalue weighted by Gasteiger charge is 2.33. The van der Waals surface area contributed by atoms with Crippen molar-refractivity contribution >= 4 is 16.8 Å². The molecule has 0 spiro atoms. The van der Waals surface area contributed by atoms with Crippen LogP contribution in [0.2, 0.25) is 0 Å². The lowest BCUT2D eigenvalue weighted by Crippen LogP contribution is -2.50. The quantitative estimate of drug-likeness (QED) is 0.425. The largest absolute Gasteiger partial charge is 0.347 e. The van der Waals surface area contributed by atoms with Gasteiger partial charge in [0, 0.05) is 41.7 Å². The molecule has 3 aromatic rings. The lowest BCUT2D eigenvalue weighted by molar-refractivity contribution is 0.0859. The van der Waals surface area contributed by atoms with Crippen LogP contribution < -0.4 is 16.4 Å². The summed E-state index contributed by atoms with van der Waals surface area (Å²) in [4.78, 5) is 19.0. The number of carbonyl (C=O) groups excluding carboxylic acids is 1. The van der Waals surface area contributed by atoms with E-state index in [-0.39, 0.29) is 11.4 Å². The van der Waals surface area contributed by atoms with E-state index in [2.05, 4.69) is 36.6 Å². The molecule has 1 aromatic heterocycles. The Hall–Kier alpha value is -2.76. The van der Waals surface area contributed by atoms with Crippen LogP contribution in [0, 0.1) is 5.92 Å². The van der Waals surface area contributed by atoms with Gasteiger partial charge in [0.1, 0.15) is 0 Å². The van der Waals surface area contributed by atoms with Gasteiger partial charge in [-0.1, -0.05) is 67.8 Å². The van der Waals surface area contributed by atoms with Crippen LogP contribution in [0.1, 0.15) is 61.9 Å². The molecule has 0 radical (unpaired) electrons. The van der Waals surface area contributed by atoms with E-state index in [1.165, 1.54) is 32.1 Å². The third kappa shape index (κ3) is 5.26. The average Bonchev–Trinajstić information content (AvgIpc) is 2.84. The molecule has 1 saturated carbocycles. The highest BCUT2D eigenvalue weighted by Crippen LogP contribution is 2.34. The SMILES string of the molecule is CC(C)(NC(=O)c1c(CNCCN)c(-c2ccccc2)nc2ccccc12)C1CCCCC1. The molecule has 1 amide bonds. The predicted octanol–water partition coefficient (Wildman–Crippen LogP) is 5.04. The molecule has 174 valence electrons. The zero-order chi connectivity index (χ0) is 23.3. The number of hydrogen-bond donors (Lipinski definition) is 3. The van der Waals surface area contributed by atoms with Gasteiger partial charge >= 0.3 is 0 Å². The minimum Gasteiger partial charge on any atom is -0.347 e. The van der Waals surface area contributed by atoms with Crippen LogP contribution in [-0.2, 0) is 6.54 Å². The number of amides is 1. The van der Waals surface area contributed by atoms with E-state index in [9.17, 15) is 4.79 Å². The third-order valence-corrected chi connectivity index (χ3v) is 6.95. The van der Waals surface area contributed by atoms with Gasteiger partial charge in [-0.05, 0) is 38.7 Å². The Morgan fingerprint density at radius 3 is 2.45 bits per heavy atom. The molecule has 4 N–H and O–H groups in total. The van der Waals surface area contributed by atoms with E-state index >= 15 is 0 Å². The Morgan fingerprint density at radius 1 is 1.03 bits per heavy atom. The number of aromatic nitrogens is 1. The normalized spacial score (nSPS) is 15.0. The summed E-state index contributed by atoms with van der Waals surface area (Å²) in [7, 11) is 0. The number of benzene rings is 2. The summed E-state index contributed by atoms with van der Waals surface area (Å²) in [5, 5.41) is 7.72. The van der Waals surface area contributed by atoms with Crippen LogP contribution in [-0.4, -0.2) is 29.5 Å². The van der Waals surface area contributed by atoms with Crippen LogP contribution >= 0.6 is 0 Å². The van der Waals surface area contributed by atoms with Crippen molar-refractivity contribution in [3.05, 3.63) is 65.7 Å². The molecular weight excluding hydrogens is 408 g/mol. The molecule has 1 aliphatic rings. The van der Waals surface area contributed by atoms with Crippen LogP contribution in [0.3, 0.4) is 0 Å². The van der Waals surface area contributed by atoms with Crippen LogP contribution in [0.4, 0.5) is 0 Å². The number of rotatable bonds is 8. The van der Waals surface area contributed by atoms with Gasteiger partial charge in [-0.25, -0.2) is 4.98 Å². The van der Waals surface area contributed by atoms with Crippen molar-refractivity contribution in [2.24, 2.45) is 11.7 Å². The first kappa shape index (κ1) is 23.4. The van der Waals surface area contributed by atoms with Gasteiger partial charge in [0.15, 0.2) is 0 Å². The molecule has 1 aliphatic carbocycles. The van der Waals surface area contributed by atoms with Gasteiger partial charge in [-0.15, -0.1) is 0 Å². The number of pyridine rings is 1. The molecule has 0 unspecified atom stereocenters. The minimum absolute atomic E-state index is 0.0223. The predicted molar refractivity (Wildman–Crippen MR) is 136 cm³/mol. The molecule has 0 atom stereocenters. The lowest BCUT2D eigenvalue weighted by atomic mass is 9.76. The van der Waals surface area contributed by atoms with Crippen molar-refractivity contribution in [3.63, 3.8) is 0 Å². The second kappa shape index (κ2) is 10.4. The molecule has 33 heavy (non-hydrogen) atoms. The van der Waals surface area contributed by atoms with Crippen LogP contribution in [0.25, 0.3) is 22.2 Å². The van der Waals surface area contributed by atoms with Gasteiger partial charge < -0.3 is 16.4 Å². The van der Waals surface area contributed by atoms with Gasteiger partial charge in [-0.2, -0.15) is 0 Å². The number of nitrogens with zero attached hydrogens (tertiary/aromatic N) is 1. The molecule has 5 heteroatoms. The van der Waals surface area contributed by atoms with Crippen molar-refractivity contribution in [2.45, 2.75) is 58.0 Å². The molecule has 0 bridgehead atoms. The van der Waals surface area contributed by atoms with E-state index in [0.717, 1.165) is 27.7 Å². The standard InChI is InChI=1S/C28H36N4O/c1-28(2,21-13-7-4-8-14-21)32-27(33)25-22-15-9-10-16-24(22)31-26(20-11-5-3-6-12-20)23(25)19-30-18-17-29/h3,5-6,9-12,15-16,21,30H,4,7-8,13-14,17-19,29H2,1-2H3,(H,32,33). The number of nitrogens with two attached hydrogens (primary N) is 1. The van der Waals surface area contributed by atoms with Crippen molar-refractivity contribution in [2.75, 3.05) is 13.1 Å². The Labute approximate surface area is 197 Å². The summed E-state index contributed by atoms with van der Waals surface area (Å²) in [6.45, 7) is 6.10. The van der Waals surface area contributed by atoms with E-state index in [4.69, 9.17) is 10.7 Å². The fourth-order valence-corrected chi connectivity index (χ4v) is 5.11. The second-order valence-electron chi connectivity index (χ2n) is 9.67. The maximum Gasteiger partial charge on any atom is 0.252 e. The van der Waals surface area contributed by atoms with Crippen molar-refractivity contribution in [3.8, 4) is 11.3 Å². The fourth-order valence-electron chi connectivity index (χ4n) is 5.11. The molecule has 2 aromatic carbocycles. The zero-order valence-electron chi connectivity index (χ0n) is 19.9. The number of nitrogens with one attached hydrogen (secondary N) is 2. The third-order valence-electron chi connectivity index (χ3n) is 6.95. The van der Waals surface area contributed by atoms with E-state index in [1.807, 2.05) is 42.5 Å². The molecule has 1 fully saturated rings. The van der Waals surface area contributed by atoms with Gasteiger partial charge in [-0.3, -0.25) is 4.79 Å². The van der Waals surface area contributed by atoms with Crippen LogP contribution in [0.5, 0.6) is 0 Å². The highest BCUT2D eigenvalue weighted by molar-refractivity contribution is 6.09. The smallest absolute Gasteiger partial charge is 0.252 e.